The monoisotopic (exact) mass is 605 g/mol. The summed E-state index contributed by atoms with van der Waals surface area (Å²) in [5.74, 6) is 0. The van der Waals surface area contributed by atoms with Crippen LogP contribution in [0, 0.1) is 0 Å². The van der Waals surface area contributed by atoms with Crippen molar-refractivity contribution in [3.8, 4) is 33.4 Å². The second kappa shape index (κ2) is 9.70. The van der Waals surface area contributed by atoms with E-state index in [1.807, 2.05) is 0 Å². The van der Waals surface area contributed by atoms with Crippen LogP contribution < -0.4 is 21.3 Å². The fourth-order valence-corrected chi connectivity index (χ4v) is 8.86. The van der Waals surface area contributed by atoms with E-state index in [2.05, 4.69) is 175 Å². The summed E-state index contributed by atoms with van der Waals surface area (Å²) in [6.45, 7) is 0.143. The van der Waals surface area contributed by atoms with Gasteiger partial charge in [-0.15, -0.1) is 0 Å². The zero-order valence-electron chi connectivity index (χ0n) is 26.2. The van der Waals surface area contributed by atoms with Gasteiger partial charge in [0.25, 0.3) is 0 Å². The molecule has 2 heteroatoms. The quantitative estimate of drug-likeness (QED) is 0.143. The minimum atomic E-state index is 0.143. The number of benzene rings is 9. The first-order valence-electron chi connectivity index (χ1n) is 16.8. The summed E-state index contributed by atoms with van der Waals surface area (Å²) in [6, 6.07) is 63.2. The van der Waals surface area contributed by atoms with Crippen molar-refractivity contribution in [3.63, 3.8) is 0 Å². The molecular formula is C46H28BN. The van der Waals surface area contributed by atoms with E-state index in [-0.39, 0.29) is 6.71 Å². The lowest BCUT2D eigenvalue weighted by molar-refractivity contribution is 1.31. The predicted molar refractivity (Wildman–Crippen MR) is 206 cm³/mol. The molecule has 9 aromatic rings. The Morgan fingerprint density at radius 2 is 1.00 bits per heavy atom. The van der Waals surface area contributed by atoms with Crippen LogP contribution in [0.15, 0.2) is 170 Å². The lowest BCUT2D eigenvalue weighted by Crippen LogP contribution is -2.54. The van der Waals surface area contributed by atoms with Gasteiger partial charge in [0.1, 0.15) is 0 Å². The highest BCUT2D eigenvalue weighted by molar-refractivity contribution is 7.01. The lowest BCUT2D eigenvalue weighted by Gasteiger charge is -2.38. The molecule has 11 rings (SSSR count). The van der Waals surface area contributed by atoms with Crippen molar-refractivity contribution in [2.24, 2.45) is 0 Å². The van der Waals surface area contributed by atoms with Gasteiger partial charge in [0.05, 0.1) is 5.69 Å². The highest BCUT2D eigenvalue weighted by atomic mass is 15.2. The zero-order valence-corrected chi connectivity index (χ0v) is 26.2. The third-order valence-electron chi connectivity index (χ3n) is 10.8. The molecule has 1 nitrogen and oxygen atoms in total. The molecule has 0 saturated carbocycles. The summed E-state index contributed by atoms with van der Waals surface area (Å²) in [5, 5.41) is 7.82. The Morgan fingerprint density at radius 1 is 0.396 bits per heavy atom. The van der Waals surface area contributed by atoms with Gasteiger partial charge in [-0.05, 0) is 83.9 Å². The van der Waals surface area contributed by atoms with Gasteiger partial charge in [0.2, 0.25) is 6.71 Å². The minimum absolute atomic E-state index is 0.143. The lowest BCUT2D eigenvalue weighted by atomic mass is 9.37. The number of nitrogens with zero attached hydrogens (tertiary/aromatic N) is 1. The third-order valence-corrected chi connectivity index (χ3v) is 10.8. The van der Waals surface area contributed by atoms with Crippen molar-refractivity contribution in [2.75, 3.05) is 4.90 Å². The molecule has 0 fully saturated rings. The van der Waals surface area contributed by atoms with Gasteiger partial charge in [-0.2, -0.15) is 0 Å². The van der Waals surface area contributed by atoms with Gasteiger partial charge in [-0.25, -0.2) is 0 Å². The predicted octanol–water partition coefficient (Wildman–Crippen LogP) is 10.2. The normalized spacial score (nSPS) is 12.9. The van der Waals surface area contributed by atoms with Gasteiger partial charge in [-0.3, -0.25) is 0 Å². The van der Waals surface area contributed by atoms with E-state index < -0.39 is 0 Å². The van der Waals surface area contributed by atoms with E-state index in [1.54, 1.807) is 0 Å². The zero-order chi connectivity index (χ0) is 31.3. The van der Waals surface area contributed by atoms with E-state index in [0.29, 0.717) is 0 Å². The van der Waals surface area contributed by atoms with E-state index >= 15 is 0 Å². The smallest absolute Gasteiger partial charge is 0.248 e. The van der Waals surface area contributed by atoms with Crippen molar-refractivity contribution >= 4 is 72.5 Å². The Bertz CT molecular complexity index is 2710. The van der Waals surface area contributed by atoms with Crippen LogP contribution in [0.2, 0.25) is 0 Å². The fourth-order valence-electron chi connectivity index (χ4n) is 8.86. The molecule has 2 aliphatic heterocycles. The molecule has 0 unspecified atom stereocenters. The van der Waals surface area contributed by atoms with Crippen molar-refractivity contribution < 1.29 is 0 Å². The first-order valence-corrected chi connectivity index (χ1v) is 16.8. The molecule has 220 valence electrons. The molecule has 48 heavy (non-hydrogen) atoms. The van der Waals surface area contributed by atoms with Gasteiger partial charge < -0.3 is 4.90 Å². The van der Waals surface area contributed by atoms with Crippen molar-refractivity contribution in [1.82, 2.24) is 0 Å². The van der Waals surface area contributed by atoms with Crippen LogP contribution in [0.25, 0.3) is 65.7 Å². The Hall–Kier alpha value is -6.12. The molecule has 0 aliphatic carbocycles. The van der Waals surface area contributed by atoms with Crippen molar-refractivity contribution in [2.45, 2.75) is 0 Å². The van der Waals surface area contributed by atoms with E-state index in [4.69, 9.17) is 0 Å². The first-order chi connectivity index (χ1) is 23.8. The van der Waals surface area contributed by atoms with Crippen LogP contribution in [-0.4, -0.2) is 6.71 Å². The molecular weight excluding hydrogens is 577 g/mol. The summed E-state index contributed by atoms with van der Waals surface area (Å²) in [4.78, 5) is 2.60. The van der Waals surface area contributed by atoms with Crippen LogP contribution in [-0.2, 0) is 0 Å². The summed E-state index contributed by atoms with van der Waals surface area (Å²) in [6.07, 6.45) is 0. The van der Waals surface area contributed by atoms with Gasteiger partial charge in [0.15, 0.2) is 0 Å². The second-order valence-corrected chi connectivity index (χ2v) is 13.2. The van der Waals surface area contributed by atoms with E-state index in [9.17, 15) is 0 Å². The average molecular weight is 606 g/mol. The van der Waals surface area contributed by atoms with Gasteiger partial charge >= 0.3 is 0 Å². The molecule has 0 saturated heterocycles. The Labute approximate surface area is 279 Å². The van der Waals surface area contributed by atoms with Crippen molar-refractivity contribution in [3.05, 3.63) is 170 Å². The maximum atomic E-state index is 2.60. The summed E-state index contributed by atoms with van der Waals surface area (Å²) in [7, 11) is 0. The number of para-hydroxylation sites is 1. The Kier molecular flexibility index (Phi) is 5.26. The number of hydrogen-bond donors (Lipinski definition) is 0. The van der Waals surface area contributed by atoms with Crippen LogP contribution in [0.1, 0.15) is 0 Å². The van der Waals surface area contributed by atoms with E-state index in [1.165, 1.54) is 99.1 Å². The topological polar surface area (TPSA) is 3.24 Å². The number of rotatable bonds is 3. The van der Waals surface area contributed by atoms with Crippen LogP contribution in [0.3, 0.4) is 0 Å². The van der Waals surface area contributed by atoms with Gasteiger partial charge in [-0.1, -0.05) is 157 Å². The molecule has 0 spiro atoms. The number of fused-ring (bicyclic) bond motifs is 5. The van der Waals surface area contributed by atoms with E-state index in [0.717, 1.165) is 0 Å². The molecule has 9 aromatic carbocycles. The molecule has 0 radical (unpaired) electrons. The van der Waals surface area contributed by atoms with Crippen LogP contribution >= 0.6 is 0 Å². The molecule has 0 bridgehead atoms. The number of hydrogen-bond acceptors (Lipinski definition) is 1. The Balaban J connectivity index is 1.33. The number of anilines is 3. The summed E-state index contributed by atoms with van der Waals surface area (Å²) < 4.78 is 0. The first kappa shape index (κ1) is 26.0. The van der Waals surface area contributed by atoms with Gasteiger partial charge in [0, 0.05) is 22.3 Å². The highest BCUT2D eigenvalue weighted by Gasteiger charge is 2.45. The highest BCUT2D eigenvalue weighted by Crippen LogP contribution is 2.51. The van der Waals surface area contributed by atoms with Crippen molar-refractivity contribution in [1.29, 1.82) is 0 Å². The third kappa shape index (κ3) is 3.42. The largest absolute Gasteiger partial charge is 0.310 e. The molecule has 2 heterocycles. The standard InChI is InChI=1S/C46H28BN/c1-3-12-29(13-4-1)36-28-37(30-14-5-2-6-15-30)46-45-44(36)34-18-7-8-19-38(34)47(45)39-20-9-10-21-41(39)48(46)40-27-25-33-23-22-31-16-11-17-32-24-26-35(40)43(33)42(31)32/h1-28H. The minimum Gasteiger partial charge on any atom is -0.310 e. The Morgan fingerprint density at radius 3 is 1.77 bits per heavy atom. The molecule has 0 N–H and O–H groups in total. The SMILES string of the molecule is c1ccc(-c2cc(-c3ccccc3)c3c4c2-c2ccccc2B4c2ccccc2N3c2ccc3ccc4cccc5ccc2c3c45)cc1. The molecule has 0 aromatic heterocycles. The second-order valence-electron chi connectivity index (χ2n) is 13.2. The average Bonchev–Trinajstić information content (AvgIpc) is 3.51. The van der Waals surface area contributed by atoms with Crippen LogP contribution in [0.4, 0.5) is 17.1 Å². The molecule has 2 aliphatic rings. The summed E-state index contributed by atoms with van der Waals surface area (Å²) in [5.41, 5.74) is 15.6. The molecule has 0 amide bonds. The summed E-state index contributed by atoms with van der Waals surface area (Å²) >= 11 is 0. The maximum absolute atomic E-state index is 2.60. The fraction of sp³-hybridized carbons (Fsp3) is 0. The molecule has 0 atom stereocenters. The maximum Gasteiger partial charge on any atom is 0.248 e. The van der Waals surface area contributed by atoms with Crippen LogP contribution in [0.5, 0.6) is 0 Å².